The Balaban J connectivity index is 1.61. The highest BCUT2D eigenvalue weighted by atomic mass is 32.2. The maximum atomic E-state index is 12.3. The van der Waals surface area contributed by atoms with E-state index in [-0.39, 0.29) is 17.2 Å². The Hall–Kier alpha value is -2.93. The van der Waals surface area contributed by atoms with E-state index in [1.807, 2.05) is 63.2 Å². The lowest BCUT2D eigenvalue weighted by Gasteiger charge is -2.12. The highest BCUT2D eigenvalue weighted by Crippen LogP contribution is 2.22. The summed E-state index contributed by atoms with van der Waals surface area (Å²) in [5.74, 6) is -0.0221. The molecule has 6 nitrogen and oxygen atoms in total. The van der Waals surface area contributed by atoms with Crippen LogP contribution in [0.3, 0.4) is 0 Å². The summed E-state index contributed by atoms with van der Waals surface area (Å²) in [6.07, 6.45) is 0.417. The van der Waals surface area contributed by atoms with Crippen LogP contribution in [-0.4, -0.2) is 26.8 Å². The Morgan fingerprint density at radius 3 is 2.39 bits per heavy atom. The number of carbonyl (C=O) groups is 1. The Bertz CT molecular complexity index is 1020. The van der Waals surface area contributed by atoms with Crippen LogP contribution in [0.25, 0.3) is 0 Å². The van der Waals surface area contributed by atoms with E-state index >= 15 is 0 Å². The molecule has 1 amide bonds. The Morgan fingerprint density at radius 2 is 1.75 bits per heavy atom. The van der Waals surface area contributed by atoms with E-state index in [4.69, 9.17) is 0 Å². The monoisotopic (exact) mass is 394 g/mol. The molecule has 7 heteroatoms. The Kier molecular flexibility index (Phi) is 6.26. The minimum atomic E-state index is -0.285. The summed E-state index contributed by atoms with van der Waals surface area (Å²) < 4.78 is 0. The van der Waals surface area contributed by atoms with Crippen molar-refractivity contribution in [2.75, 3.05) is 11.1 Å². The van der Waals surface area contributed by atoms with E-state index in [1.165, 1.54) is 0 Å². The number of hydrogen-bond acceptors (Lipinski definition) is 5. The lowest BCUT2D eigenvalue weighted by atomic mass is 10.1. The normalized spacial score (nSPS) is 10.7. The van der Waals surface area contributed by atoms with Gasteiger partial charge >= 0.3 is 0 Å². The van der Waals surface area contributed by atoms with Crippen LogP contribution in [0.5, 0.6) is 0 Å². The fourth-order valence-electron chi connectivity index (χ4n) is 3.00. The minimum absolute atomic E-state index is 0.134. The second-order valence-electron chi connectivity index (χ2n) is 6.68. The van der Waals surface area contributed by atoms with Crippen molar-refractivity contribution in [1.29, 1.82) is 0 Å². The third-order valence-corrected chi connectivity index (χ3v) is 5.10. The standard InChI is InChI=1S/C21H22N4O2S/c1-13-9-14(2)19(15(3)10-13)22-18(26)12-28-21-23-20(27)17(24-25-21)11-16-7-5-4-6-8-16/h4-10H,11-12H2,1-3H3,(H,22,26)(H,23,25,27). The molecule has 1 heterocycles. The van der Waals surface area contributed by atoms with Gasteiger partial charge in [-0.15, -0.1) is 10.2 Å². The number of benzene rings is 2. The number of nitrogens with one attached hydrogen (secondary N) is 2. The van der Waals surface area contributed by atoms with Crippen molar-refractivity contribution in [3.63, 3.8) is 0 Å². The van der Waals surface area contributed by atoms with Crippen molar-refractivity contribution in [3.8, 4) is 0 Å². The summed E-state index contributed by atoms with van der Waals surface area (Å²) in [5.41, 5.74) is 5.09. The van der Waals surface area contributed by atoms with Crippen molar-refractivity contribution in [2.45, 2.75) is 32.3 Å². The quantitative estimate of drug-likeness (QED) is 0.626. The Labute approximate surface area is 167 Å². The number of aromatic nitrogens is 3. The van der Waals surface area contributed by atoms with Crippen LogP contribution in [0.4, 0.5) is 5.69 Å². The molecule has 0 saturated carbocycles. The fraction of sp³-hybridized carbons (Fsp3) is 0.238. The molecule has 0 saturated heterocycles. The maximum Gasteiger partial charge on any atom is 0.273 e. The van der Waals surface area contributed by atoms with Crippen LogP contribution < -0.4 is 10.9 Å². The van der Waals surface area contributed by atoms with E-state index in [0.717, 1.165) is 39.7 Å². The van der Waals surface area contributed by atoms with Gasteiger partial charge < -0.3 is 5.32 Å². The molecule has 0 aliphatic carbocycles. The van der Waals surface area contributed by atoms with Gasteiger partial charge in [0.15, 0.2) is 5.16 Å². The average Bonchev–Trinajstić information content (AvgIpc) is 2.66. The van der Waals surface area contributed by atoms with E-state index < -0.39 is 0 Å². The van der Waals surface area contributed by atoms with E-state index in [1.54, 1.807) is 0 Å². The van der Waals surface area contributed by atoms with Crippen LogP contribution in [0.15, 0.2) is 52.4 Å². The zero-order valence-corrected chi connectivity index (χ0v) is 16.9. The van der Waals surface area contributed by atoms with Gasteiger partial charge in [-0.2, -0.15) is 0 Å². The molecular weight excluding hydrogens is 372 g/mol. The summed E-state index contributed by atoms with van der Waals surface area (Å²) in [7, 11) is 0. The lowest BCUT2D eigenvalue weighted by Crippen LogP contribution is -2.19. The number of H-pyrrole nitrogens is 1. The fourth-order valence-corrected chi connectivity index (χ4v) is 3.61. The number of anilines is 1. The van der Waals surface area contributed by atoms with Crippen LogP contribution >= 0.6 is 11.8 Å². The summed E-state index contributed by atoms with van der Waals surface area (Å²) in [4.78, 5) is 27.2. The average molecular weight is 395 g/mol. The first-order valence-corrected chi connectivity index (χ1v) is 9.91. The molecule has 3 aromatic rings. The largest absolute Gasteiger partial charge is 0.325 e. The van der Waals surface area contributed by atoms with Gasteiger partial charge in [0.05, 0.1) is 5.75 Å². The molecular formula is C21H22N4O2S. The molecule has 0 aliphatic heterocycles. The summed E-state index contributed by atoms with van der Waals surface area (Å²) >= 11 is 1.15. The van der Waals surface area contributed by atoms with Gasteiger partial charge in [0.2, 0.25) is 5.91 Å². The molecule has 0 aliphatic rings. The van der Waals surface area contributed by atoms with Crippen molar-refractivity contribution in [3.05, 3.63) is 80.8 Å². The van der Waals surface area contributed by atoms with Crippen LogP contribution in [0, 0.1) is 20.8 Å². The van der Waals surface area contributed by atoms with Gasteiger partial charge in [0.1, 0.15) is 5.69 Å². The minimum Gasteiger partial charge on any atom is -0.325 e. The first kappa shape index (κ1) is 19.8. The van der Waals surface area contributed by atoms with Gasteiger partial charge in [-0.1, -0.05) is 59.8 Å². The Morgan fingerprint density at radius 1 is 1.07 bits per heavy atom. The predicted octanol–water partition coefficient (Wildman–Crippen LogP) is 3.41. The molecule has 1 aromatic heterocycles. The van der Waals surface area contributed by atoms with Gasteiger partial charge in [-0.25, -0.2) is 0 Å². The number of rotatable bonds is 6. The first-order valence-electron chi connectivity index (χ1n) is 8.92. The third-order valence-electron chi connectivity index (χ3n) is 4.24. The van der Waals surface area contributed by atoms with Crippen molar-refractivity contribution < 1.29 is 4.79 Å². The summed E-state index contributed by atoms with van der Waals surface area (Å²) in [6, 6.07) is 13.7. The predicted molar refractivity (Wildman–Crippen MR) is 112 cm³/mol. The van der Waals surface area contributed by atoms with Crippen LogP contribution in [-0.2, 0) is 11.2 Å². The number of hydrogen-bond donors (Lipinski definition) is 2. The third kappa shape index (κ3) is 5.07. The SMILES string of the molecule is Cc1cc(C)c(NC(=O)CSc2nnc(Cc3ccccc3)c(=O)[nH]2)c(C)c1. The maximum absolute atomic E-state index is 12.3. The van der Waals surface area contributed by atoms with Crippen molar-refractivity contribution in [1.82, 2.24) is 15.2 Å². The zero-order valence-electron chi connectivity index (χ0n) is 16.1. The molecule has 2 aromatic carbocycles. The molecule has 2 N–H and O–H groups in total. The summed E-state index contributed by atoms with van der Waals surface area (Å²) in [6.45, 7) is 5.96. The van der Waals surface area contributed by atoms with Gasteiger partial charge in [-0.3, -0.25) is 14.6 Å². The summed E-state index contributed by atoms with van der Waals surface area (Å²) in [5, 5.41) is 11.3. The van der Waals surface area contributed by atoms with Gasteiger partial charge in [0, 0.05) is 12.1 Å². The van der Waals surface area contributed by atoms with Crippen molar-refractivity contribution in [2.24, 2.45) is 0 Å². The number of carbonyl (C=O) groups excluding carboxylic acids is 1. The number of thioether (sulfide) groups is 1. The molecule has 144 valence electrons. The van der Waals surface area contributed by atoms with Crippen molar-refractivity contribution >= 4 is 23.4 Å². The molecule has 0 fully saturated rings. The van der Waals surface area contributed by atoms with E-state index in [9.17, 15) is 9.59 Å². The zero-order chi connectivity index (χ0) is 20.1. The first-order chi connectivity index (χ1) is 13.4. The molecule has 0 bridgehead atoms. The smallest absolute Gasteiger partial charge is 0.273 e. The number of nitrogens with zero attached hydrogens (tertiary/aromatic N) is 2. The number of amides is 1. The van der Waals surface area contributed by atoms with E-state index in [0.29, 0.717) is 17.3 Å². The molecule has 0 atom stereocenters. The van der Waals surface area contributed by atoms with Gasteiger partial charge in [-0.05, 0) is 37.5 Å². The topological polar surface area (TPSA) is 87.7 Å². The number of aromatic amines is 1. The highest BCUT2D eigenvalue weighted by molar-refractivity contribution is 7.99. The number of aryl methyl sites for hydroxylation is 3. The highest BCUT2D eigenvalue weighted by Gasteiger charge is 2.11. The van der Waals surface area contributed by atoms with Crippen LogP contribution in [0.1, 0.15) is 27.9 Å². The second-order valence-corrected chi connectivity index (χ2v) is 7.64. The molecule has 28 heavy (non-hydrogen) atoms. The molecule has 0 radical (unpaired) electrons. The second kappa shape index (κ2) is 8.84. The molecule has 0 spiro atoms. The molecule has 3 rings (SSSR count). The van der Waals surface area contributed by atoms with Crippen LogP contribution in [0.2, 0.25) is 0 Å². The van der Waals surface area contributed by atoms with E-state index in [2.05, 4.69) is 20.5 Å². The molecule has 0 unspecified atom stereocenters. The van der Waals surface area contributed by atoms with Gasteiger partial charge in [0.25, 0.3) is 5.56 Å². The lowest BCUT2D eigenvalue weighted by molar-refractivity contribution is -0.113.